The number of hydrogen-bond acceptors (Lipinski definition) is 4. The molecule has 2 atom stereocenters. The first-order chi connectivity index (χ1) is 9.99. The fourth-order valence-electron chi connectivity index (χ4n) is 2.13. The quantitative estimate of drug-likeness (QED) is 0.825. The summed E-state index contributed by atoms with van der Waals surface area (Å²) in [6.45, 7) is 0.124. The summed E-state index contributed by atoms with van der Waals surface area (Å²) in [7, 11) is 1.41. The molecule has 1 amide bonds. The third kappa shape index (κ3) is 4.09. The van der Waals surface area contributed by atoms with Crippen molar-refractivity contribution in [2.24, 2.45) is 0 Å². The molecule has 1 aromatic carbocycles. The molecule has 1 heterocycles. The number of carbonyl (C=O) groups is 2. The van der Waals surface area contributed by atoms with Crippen LogP contribution in [0.5, 0.6) is 5.75 Å². The number of aliphatic carboxylic acids is 1. The van der Waals surface area contributed by atoms with Crippen molar-refractivity contribution in [3.63, 3.8) is 0 Å². The summed E-state index contributed by atoms with van der Waals surface area (Å²) >= 11 is 5.89. The van der Waals surface area contributed by atoms with Crippen molar-refractivity contribution >= 4 is 23.5 Å². The van der Waals surface area contributed by atoms with E-state index in [1.54, 1.807) is 18.2 Å². The van der Waals surface area contributed by atoms with E-state index in [1.165, 1.54) is 7.11 Å². The van der Waals surface area contributed by atoms with E-state index in [2.05, 4.69) is 5.32 Å². The van der Waals surface area contributed by atoms with Gasteiger partial charge in [0.2, 0.25) is 0 Å². The molecule has 0 saturated carbocycles. The molecule has 0 spiro atoms. The number of nitrogens with one attached hydrogen (secondary N) is 1. The van der Waals surface area contributed by atoms with Crippen LogP contribution in [0.1, 0.15) is 12.0 Å². The normalized spacial score (nSPS) is 17.7. The third-order valence-corrected chi connectivity index (χ3v) is 3.46. The van der Waals surface area contributed by atoms with Gasteiger partial charge in [-0.2, -0.15) is 0 Å². The molecule has 114 valence electrons. The zero-order chi connectivity index (χ0) is 15.4. The topological polar surface area (TPSA) is 84.9 Å². The lowest BCUT2D eigenvalue weighted by Gasteiger charge is -2.16. The molecule has 0 saturated heterocycles. The maximum Gasteiger partial charge on any atom is 0.306 e. The molecule has 1 aromatic rings. The highest BCUT2D eigenvalue weighted by atomic mass is 35.5. The van der Waals surface area contributed by atoms with Crippen LogP contribution < -0.4 is 10.1 Å². The van der Waals surface area contributed by atoms with Crippen molar-refractivity contribution in [2.75, 3.05) is 13.7 Å². The summed E-state index contributed by atoms with van der Waals surface area (Å²) in [5.74, 6) is -0.626. The summed E-state index contributed by atoms with van der Waals surface area (Å²) in [6, 6.07) is 5.20. The zero-order valence-corrected chi connectivity index (χ0v) is 12.2. The predicted octanol–water partition coefficient (Wildman–Crippen LogP) is 1.25. The van der Waals surface area contributed by atoms with Crippen molar-refractivity contribution in [2.45, 2.75) is 25.0 Å². The molecule has 21 heavy (non-hydrogen) atoms. The number of carbonyl (C=O) groups excluding carboxylic acids is 1. The highest BCUT2D eigenvalue weighted by molar-refractivity contribution is 6.30. The molecular formula is C14H16ClNO5. The lowest BCUT2D eigenvalue weighted by Crippen LogP contribution is -2.42. The summed E-state index contributed by atoms with van der Waals surface area (Å²) in [5.41, 5.74) is 0.886. The van der Waals surface area contributed by atoms with Crippen LogP contribution in [-0.4, -0.2) is 42.8 Å². The highest BCUT2D eigenvalue weighted by Crippen LogP contribution is 2.31. The largest absolute Gasteiger partial charge is 0.481 e. The molecular weight excluding hydrogens is 298 g/mol. The van der Waals surface area contributed by atoms with E-state index in [4.69, 9.17) is 26.2 Å². The molecule has 0 fully saturated rings. The predicted molar refractivity (Wildman–Crippen MR) is 75.6 cm³/mol. The van der Waals surface area contributed by atoms with Gasteiger partial charge in [0.25, 0.3) is 5.91 Å². The van der Waals surface area contributed by atoms with Gasteiger partial charge in [0, 0.05) is 25.1 Å². The molecule has 1 aliphatic heterocycles. The van der Waals surface area contributed by atoms with Gasteiger partial charge in [-0.3, -0.25) is 9.59 Å². The van der Waals surface area contributed by atoms with Crippen LogP contribution in [0, 0.1) is 0 Å². The van der Waals surface area contributed by atoms with Crippen molar-refractivity contribution < 1.29 is 24.2 Å². The summed E-state index contributed by atoms with van der Waals surface area (Å²) < 4.78 is 10.5. The van der Waals surface area contributed by atoms with Crippen LogP contribution in [-0.2, 0) is 20.7 Å². The lowest BCUT2D eigenvalue weighted by molar-refractivity contribution is -0.140. The van der Waals surface area contributed by atoms with Gasteiger partial charge in [-0.15, -0.1) is 0 Å². The Bertz CT molecular complexity index is 548. The molecule has 2 unspecified atom stereocenters. The number of benzene rings is 1. The van der Waals surface area contributed by atoms with Crippen LogP contribution >= 0.6 is 11.6 Å². The van der Waals surface area contributed by atoms with Gasteiger partial charge < -0.3 is 19.9 Å². The van der Waals surface area contributed by atoms with Gasteiger partial charge in [-0.05, 0) is 23.8 Å². The molecule has 7 heteroatoms. The Labute approximate surface area is 127 Å². The van der Waals surface area contributed by atoms with Gasteiger partial charge in [-0.25, -0.2) is 0 Å². The fraction of sp³-hybridized carbons (Fsp3) is 0.429. The minimum atomic E-state index is -0.977. The molecule has 6 nitrogen and oxygen atoms in total. The van der Waals surface area contributed by atoms with E-state index < -0.39 is 18.2 Å². The number of ether oxygens (including phenoxy) is 2. The van der Waals surface area contributed by atoms with Gasteiger partial charge in [0.05, 0.1) is 12.5 Å². The van der Waals surface area contributed by atoms with Gasteiger partial charge >= 0.3 is 5.97 Å². The first-order valence-corrected chi connectivity index (χ1v) is 6.84. The Kier molecular flexibility index (Phi) is 5.03. The number of halogens is 1. The highest BCUT2D eigenvalue weighted by Gasteiger charge is 2.29. The van der Waals surface area contributed by atoms with Crippen LogP contribution in [0.25, 0.3) is 0 Å². The minimum Gasteiger partial charge on any atom is -0.481 e. The van der Waals surface area contributed by atoms with E-state index in [-0.39, 0.29) is 18.9 Å². The van der Waals surface area contributed by atoms with E-state index >= 15 is 0 Å². The van der Waals surface area contributed by atoms with Crippen molar-refractivity contribution in [1.82, 2.24) is 5.32 Å². The summed E-state index contributed by atoms with van der Waals surface area (Å²) in [6.07, 6.45) is -0.915. The molecule has 2 N–H and O–H groups in total. The number of methoxy groups -OCH3 is 1. The molecule has 2 rings (SSSR count). The SMILES string of the molecule is COC(CNC(=O)C1Cc2cc(Cl)ccc2O1)CC(=O)O. The maximum absolute atomic E-state index is 12.0. The van der Waals surface area contributed by atoms with E-state index in [9.17, 15) is 9.59 Å². The standard InChI is InChI=1S/C14H16ClNO5/c1-20-10(6-13(17)18)7-16-14(19)12-5-8-4-9(15)2-3-11(8)21-12/h2-4,10,12H,5-7H2,1H3,(H,16,19)(H,17,18). The first-order valence-electron chi connectivity index (χ1n) is 6.47. The van der Waals surface area contributed by atoms with Gasteiger partial charge in [0.1, 0.15) is 5.75 Å². The number of hydrogen-bond donors (Lipinski definition) is 2. The van der Waals surface area contributed by atoms with Crippen molar-refractivity contribution in [1.29, 1.82) is 0 Å². The number of carboxylic acids is 1. The van der Waals surface area contributed by atoms with Crippen LogP contribution in [0.3, 0.4) is 0 Å². The van der Waals surface area contributed by atoms with Crippen LogP contribution in [0.2, 0.25) is 5.02 Å². The number of fused-ring (bicyclic) bond motifs is 1. The van der Waals surface area contributed by atoms with Crippen LogP contribution in [0.4, 0.5) is 0 Å². The second-order valence-corrected chi connectivity index (χ2v) is 5.20. The Morgan fingerprint density at radius 1 is 1.57 bits per heavy atom. The average Bonchev–Trinajstić information content (AvgIpc) is 2.85. The number of rotatable bonds is 6. The van der Waals surface area contributed by atoms with Crippen molar-refractivity contribution in [3.05, 3.63) is 28.8 Å². The summed E-state index contributed by atoms with van der Waals surface area (Å²) in [4.78, 5) is 22.7. The zero-order valence-electron chi connectivity index (χ0n) is 11.5. The minimum absolute atomic E-state index is 0.124. The summed E-state index contributed by atoms with van der Waals surface area (Å²) in [5, 5.41) is 11.9. The monoisotopic (exact) mass is 313 g/mol. The van der Waals surface area contributed by atoms with E-state index in [1.807, 2.05) is 0 Å². The molecule has 0 radical (unpaired) electrons. The Balaban J connectivity index is 1.87. The Morgan fingerprint density at radius 2 is 2.33 bits per heavy atom. The van der Waals surface area contributed by atoms with E-state index in [0.717, 1.165) is 5.56 Å². The van der Waals surface area contributed by atoms with Crippen molar-refractivity contribution in [3.8, 4) is 5.75 Å². The molecule has 0 aromatic heterocycles. The van der Waals surface area contributed by atoms with Crippen LogP contribution in [0.15, 0.2) is 18.2 Å². The molecule has 0 bridgehead atoms. The maximum atomic E-state index is 12.0. The Morgan fingerprint density at radius 3 is 3.00 bits per heavy atom. The third-order valence-electron chi connectivity index (χ3n) is 3.23. The fourth-order valence-corrected chi connectivity index (χ4v) is 2.32. The smallest absolute Gasteiger partial charge is 0.306 e. The molecule has 0 aliphatic carbocycles. The van der Waals surface area contributed by atoms with E-state index in [0.29, 0.717) is 17.2 Å². The second kappa shape index (κ2) is 6.78. The number of amides is 1. The lowest BCUT2D eigenvalue weighted by atomic mass is 10.1. The van der Waals surface area contributed by atoms with Gasteiger partial charge in [-0.1, -0.05) is 11.6 Å². The number of carboxylic acid groups (broad SMARTS) is 1. The molecule has 1 aliphatic rings. The first kappa shape index (κ1) is 15.6. The second-order valence-electron chi connectivity index (χ2n) is 4.76. The van der Waals surface area contributed by atoms with Gasteiger partial charge in [0.15, 0.2) is 6.10 Å². The average molecular weight is 314 g/mol. The Hall–Kier alpha value is -1.79.